The van der Waals surface area contributed by atoms with Crippen LogP contribution in [0.4, 0.5) is 11.5 Å². The highest BCUT2D eigenvalue weighted by Crippen LogP contribution is 2.30. The predicted molar refractivity (Wildman–Crippen MR) is 125 cm³/mol. The largest absolute Gasteiger partial charge is 0.385 e. The lowest BCUT2D eigenvalue weighted by Crippen LogP contribution is -2.47. The van der Waals surface area contributed by atoms with Gasteiger partial charge in [-0.05, 0) is 57.5 Å². The van der Waals surface area contributed by atoms with Crippen molar-refractivity contribution in [1.82, 2.24) is 10.3 Å². The highest BCUT2D eigenvalue weighted by atomic mass is 16.2. The molecule has 0 saturated carbocycles. The second-order valence-electron chi connectivity index (χ2n) is 8.01. The fraction of sp³-hybridized carbons (Fsp3) is 0.333. The third kappa shape index (κ3) is 4.96. The molecular weight excluding hydrogens is 406 g/mol. The predicted octanol–water partition coefficient (Wildman–Crippen LogP) is 3.12. The van der Waals surface area contributed by atoms with Crippen LogP contribution < -0.4 is 21.3 Å². The highest BCUT2D eigenvalue weighted by molar-refractivity contribution is 6.02. The zero-order chi connectivity index (χ0) is 23.4. The molecule has 2 aromatic rings. The molecule has 0 radical (unpaired) electrons. The van der Waals surface area contributed by atoms with Gasteiger partial charge in [0.25, 0.3) is 11.8 Å². The first kappa shape index (κ1) is 23.0. The van der Waals surface area contributed by atoms with Crippen LogP contribution in [-0.2, 0) is 0 Å². The van der Waals surface area contributed by atoms with Gasteiger partial charge >= 0.3 is 0 Å². The standard InChI is InChI=1S/C24H29N5O3/c1-5-26-21-12-17(6-8-20(21)23(25)31)24(32)28-19-10-14(2)29(15(3)11-19)22-9-7-18(13-27-22)16(4)30/h6-9,12-13,15,19,26H,2,5,10-11H2,1,3-4H3,(H2,25,31)(H,28,32). The lowest BCUT2D eigenvalue weighted by molar-refractivity contribution is 0.0928. The number of anilines is 2. The normalized spacial score (nSPS) is 18.2. The van der Waals surface area contributed by atoms with E-state index in [0.29, 0.717) is 41.8 Å². The summed E-state index contributed by atoms with van der Waals surface area (Å²) >= 11 is 0. The van der Waals surface area contributed by atoms with Crippen LogP contribution in [0.1, 0.15) is 64.7 Å². The van der Waals surface area contributed by atoms with Crippen LogP contribution in [0.3, 0.4) is 0 Å². The molecule has 2 atom stereocenters. The highest BCUT2D eigenvalue weighted by Gasteiger charge is 2.30. The van der Waals surface area contributed by atoms with Crippen LogP contribution in [-0.4, -0.2) is 41.2 Å². The van der Waals surface area contributed by atoms with Crippen LogP contribution in [0.2, 0.25) is 0 Å². The van der Waals surface area contributed by atoms with Gasteiger partial charge in [-0.3, -0.25) is 14.4 Å². The van der Waals surface area contributed by atoms with Gasteiger partial charge < -0.3 is 21.3 Å². The number of nitrogens with zero attached hydrogens (tertiary/aromatic N) is 2. The van der Waals surface area contributed by atoms with Gasteiger partial charge in [-0.2, -0.15) is 0 Å². The first-order valence-corrected chi connectivity index (χ1v) is 10.6. The van der Waals surface area contributed by atoms with E-state index in [4.69, 9.17) is 5.73 Å². The fourth-order valence-electron chi connectivity index (χ4n) is 4.04. The summed E-state index contributed by atoms with van der Waals surface area (Å²) in [6, 6.07) is 8.37. The van der Waals surface area contributed by atoms with Crippen LogP contribution in [0.15, 0.2) is 48.8 Å². The zero-order valence-electron chi connectivity index (χ0n) is 18.6. The third-order valence-corrected chi connectivity index (χ3v) is 5.54. The SMILES string of the molecule is C=C1CC(NC(=O)c2ccc(C(N)=O)c(NCC)c2)CC(C)N1c1ccc(C(C)=O)cn1. The first-order valence-electron chi connectivity index (χ1n) is 10.6. The van der Waals surface area contributed by atoms with Crippen LogP contribution >= 0.6 is 0 Å². The minimum atomic E-state index is -0.546. The molecule has 3 rings (SSSR count). The number of nitrogens with two attached hydrogens (primary N) is 1. The van der Waals surface area contributed by atoms with Crippen molar-refractivity contribution >= 4 is 29.1 Å². The summed E-state index contributed by atoms with van der Waals surface area (Å²) in [6.45, 7) is 10.2. The number of benzene rings is 1. The molecule has 168 valence electrons. The van der Waals surface area contributed by atoms with Crippen molar-refractivity contribution in [3.63, 3.8) is 0 Å². The lowest BCUT2D eigenvalue weighted by Gasteiger charge is -2.40. The van der Waals surface area contributed by atoms with Gasteiger partial charge in [0.2, 0.25) is 0 Å². The van der Waals surface area contributed by atoms with Gasteiger partial charge in [-0.1, -0.05) is 6.58 Å². The zero-order valence-corrected chi connectivity index (χ0v) is 18.6. The summed E-state index contributed by atoms with van der Waals surface area (Å²) < 4.78 is 0. The van der Waals surface area contributed by atoms with E-state index >= 15 is 0 Å². The Morgan fingerprint density at radius 1 is 1.22 bits per heavy atom. The number of carbonyl (C=O) groups excluding carboxylic acids is 3. The molecule has 0 bridgehead atoms. The Kier molecular flexibility index (Phi) is 6.92. The lowest BCUT2D eigenvalue weighted by atomic mass is 9.95. The molecular formula is C24H29N5O3. The van der Waals surface area contributed by atoms with Crippen LogP contribution in [0, 0.1) is 0 Å². The van der Waals surface area contributed by atoms with Crippen molar-refractivity contribution in [2.24, 2.45) is 5.73 Å². The van der Waals surface area contributed by atoms with Gasteiger partial charge in [0, 0.05) is 53.8 Å². The average molecular weight is 436 g/mol. The number of rotatable bonds is 7. The monoisotopic (exact) mass is 435 g/mol. The Morgan fingerprint density at radius 3 is 2.50 bits per heavy atom. The second kappa shape index (κ2) is 9.64. The molecule has 4 N–H and O–H groups in total. The van der Waals surface area contributed by atoms with Gasteiger partial charge in [-0.25, -0.2) is 4.98 Å². The Labute approximate surface area is 187 Å². The number of amides is 2. The minimum absolute atomic E-state index is 0.0292. The van der Waals surface area contributed by atoms with Crippen molar-refractivity contribution in [3.8, 4) is 0 Å². The molecule has 8 nitrogen and oxygen atoms in total. The Balaban J connectivity index is 1.70. The molecule has 2 amide bonds. The van der Waals surface area contributed by atoms with E-state index in [1.54, 1.807) is 30.5 Å². The Morgan fingerprint density at radius 2 is 1.94 bits per heavy atom. The van der Waals surface area contributed by atoms with Gasteiger partial charge in [0.1, 0.15) is 5.82 Å². The van der Waals surface area contributed by atoms with Crippen molar-refractivity contribution in [1.29, 1.82) is 0 Å². The molecule has 2 heterocycles. The minimum Gasteiger partial charge on any atom is -0.385 e. The van der Waals surface area contributed by atoms with E-state index in [9.17, 15) is 14.4 Å². The molecule has 0 spiro atoms. The van der Waals surface area contributed by atoms with Crippen molar-refractivity contribution in [2.75, 3.05) is 16.8 Å². The molecule has 8 heteroatoms. The number of primary amides is 1. The summed E-state index contributed by atoms with van der Waals surface area (Å²) in [5.41, 5.74) is 8.17. The second-order valence-corrected chi connectivity index (χ2v) is 8.01. The maximum atomic E-state index is 12.9. The van der Waals surface area contributed by atoms with Crippen molar-refractivity contribution in [3.05, 3.63) is 65.5 Å². The molecule has 1 aliphatic rings. The number of aromatic nitrogens is 1. The van der Waals surface area contributed by atoms with Crippen LogP contribution in [0.5, 0.6) is 0 Å². The molecule has 2 unspecified atom stereocenters. The summed E-state index contributed by atoms with van der Waals surface area (Å²) in [4.78, 5) is 42.4. The number of piperidine rings is 1. The molecule has 1 aromatic heterocycles. The summed E-state index contributed by atoms with van der Waals surface area (Å²) in [6.07, 6.45) is 2.86. The molecule has 1 aliphatic heterocycles. The number of carbonyl (C=O) groups is 3. The van der Waals surface area contributed by atoms with E-state index in [1.807, 2.05) is 17.9 Å². The van der Waals surface area contributed by atoms with E-state index in [0.717, 1.165) is 11.5 Å². The Bertz CT molecular complexity index is 1050. The molecule has 32 heavy (non-hydrogen) atoms. The number of pyridine rings is 1. The van der Waals surface area contributed by atoms with E-state index in [2.05, 4.69) is 29.1 Å². The third-order valence-electron chi connectivity index (χ3n) is 5.54. The summed E-state index contributed by atoms with van der Waals surface area (Å²) in [7, 11) is 0. The quantitative estimate of drug-likeness (QED) is 0.575. The van der Waals surface area contributed by atoms with Gasteiger partial charge in [0.05, 0.1) is 5.56 Å². The van der Waals surface area contributed by atoms with Crippen LogP contribution in [0.25, 0.3) is 0 Å². The average Bonchev–Trinajstić information content (AvgIpc) is 2.73. The summed E-state index contributed by atoms with van der Waals surface area (Å²) in [5, 5.41) is 6.15. The maximum absolute atomic E-state index is 12.9. The van der Waals surface area contributed by atoms with Gasteiger partial charge in [0.15, 0.2) is 5.78 Å². The molecule has 1 aromatic carbocycles. The topological polar surface area (TPSA) is 117 Å². The number of Topliss-reactive ketones (excluding diaryl/α,β-unsaturated/α-hetero) is 1. The smallest absolute Gasteiger partial charge is 0.251 e. The van der Waals surface area contributed by atoms with Gasteiger partial charge in [-0.15, -0.1) is 0 Å². The number of hydrogen-bond donors (Lipinski definition) is 3. The van der Waals surface area contributed by atoms with E-state index in [1.165, 1.54) is 6.92 Å². The molecule has 1 fully saturated rings. The first-order chi connectivity index (χ1) is 15.2. The van der Waals surface area contributed by atoms with Crippen molar-refractivity contribution in [2.45, 2.75) is 45.7 Å². The number of hydrogen-bond acceptors (Lipinski definition) is 6. The summed E-state index contributed by atoms with van der Waals surface area (Å²) in [5.74, 6) is -0.0639. The fourth-order valence-corrected chi connectivity index (χ4v) is 4.04. The Hall–Kier alpha value is -3.68. The maximum Gasteiger partial charge on any atom is 0.251 e. The number of nitrogens with one attached hydrogen (secondary N) is 2. The van der Waals surface area contributed by atoms with E-state index < -0.39 is 5.91 Å². The van der Waals surface area contributed by atoms with Crippen molar-refractivity contribution < 1.29 is 14.4 Å². The van der Waals surface area contributed by atoms with E-state index in [-0.39, 0.29) is 23.8 Å². The molecule has 1 saturated heterocycles. The number of ketones is 1. The molecule has 0 aliphatic carbocycles.